The Hall–Kier alpha value is -1.83. The van der Waals surface area contributed by atoms with Gasteiger partial charge >= 0.3 is 0 Å². The van der Waals surface area contributed by atoms with Gasteiger partial charge in [-0.25, -0.2) is 0 Å². The molecule has 1 aromatic rings. The van der Waals surface area contributed by atoms with E-state index < -0.39 is 11.6 Å². The van der Waals surface area contributed by atoms with Gasteiger partial charge in [-0.2, -0.15) is 0 Å². The number of ether oxygens (including phenoxy) is 2. The van der Waals surface area contributed by atoms with Gasteiger partial charge in [0.2, 0.25) is 5.91 Å². The summed E-state index contributed by atoms with van der Waals surface area (Å²) in [7, 11) is 0. The van der Waals surface area contributed by atoms with E-state index in [0.29, 0.717) is 58.0 Å². The largest absolute Gasteiger partial charge is 0.481 e. The van der Waals surface area contributed by atoms with Crippen LogP contribution in [-0.4, -0.2) is 72.6 Å². The molecule has 0 saturated carbocycles. The lowest BCUT2D eigenvalue weighted by Crippen LogP contribution is -2.62. The van der Waals surface area contributed by atoms with E-state index in [1.54, 1.807) is 16.7 Å². The molecule has 0 spiro atoms. The van der Waals surface area contributed by atoms with Gasteiger partial charge < -0.3 is 25.0 Å². The second-order valence-corrected chi connectivity index (χ2v) is 7.46. The third-order valence-electron chi connectivity index (χ3n) is 5.34. The lowest BCUT2D eigenvalue weighted by molar-refractivity contribution is -0.147. The van der Waals surface area contributed by atoms with Crippen molar-refractivity contribution >= 4 is 24.2 Å². The third-order valence-corrected chi connectivity index (χ3v) is 5.34. The average molecular weight is 412 g/mol. The van der Waals surface area contributed by atoms with E-state index in [-0.39, 0.29) is 24.2 Å². The summed E-state index contributed by atoms with van der Waals surface area (Å²) in [5.74, 6) is 0.605. The number of hydrogen-bond acceptors (Lipinski definition) is 5. The van der Waals surface area contributed by atoms with Crippen LogP contribution in [0.5, 0.6) is 5.75 Å². The van der Waals surface area contributed by atoms with Gasteiger partial charge in [0.05, 0.1) is 5.54 Å². The predicted molar refractivity (Wildman–Crippen MR) is 109 cm³/mol. The Bertz CT molecular complexity index is 686. The van der Waals surface area contributed by atoms with E-state index in [0.717, 1.165) is 5.56 Å². The third kappa shape index (κ3) is 5.16. The first kappa shape index (κ1) is 22.5. The van der Waals surface area contributed by atoms with Gasteiger partial charge in [0.15, 0.2) is 6.10 Å². The topological polar surface area (TPSA) is 85.1 Å². The molecule has 0 aliphatic carbocycles. The molecule has 2 amide bonds. The van der Waals surface area contributed by atoms with Crippen LogP contribution >= 0.6 is 12.4 Å². The summed E-state index contributed by atoms with van der Waals surface area (Å²) >= 11 is 0. The first-order valence-corrected chi connectivity index (χ1v) is 9.57. The Morgan fingerprint density at radius 3 is 2.36 bits per heavy atom. The van der Waals surface area contributed by atoms with Crippen LogP contribution in [0.4, 0.5) is 0 Å². The van der Waals surface area contributed by atoms with Crippen LogP contribution in [0.2, 0.25) is 0 Å². The highest BCUT2D eigenvalue weighted by Crippen LogP contribution is 2.22. The van der Waals surface area contributed by atoms with Crippen molar-refractivity contribution in [3.05, 3.63) is 29.8 Å². The number of rotatable bonds is 4. The molecule has 156 valence electrons. The second-order valence-electron chi connectivity index (χ2n) is 7.46. The molecule has 7 nitrogen and oxygen atoms in total. The number of benzene rings is 1. The zero-order valence-electron chi connectivity index (χ0n) is 16.6. The van der Waals surface area contributed by atoms with Gasteiger partial charge in [0, 0.05) is 39.4 Å². The van der Waals surface area contributed by atoms with Crippen molar-refractivity contribution in [1.82, 2.24) is 9.80 Å². The van der Waals surface area contributed by atoms with Crippen molar-refractivity contribution in [3.63, 3.8) is 0 Å². The van der Waals surface area contributed by atoms with Crippen LogP contribution in [0, 0.1) is 6.92 Å². The van der Waals surface area contributed by atoms with Crippen LogP contribution in [0.3, 0.4) is 0 Å². The molecule has 0 bridgehead atoms. The molecule has 2 saturated heterocycles. The van der Waals surface area contributed by atoms with Crippen LogP contribution in [0.25, 0.3) is 0 Å². The van der Waals surface area contributed by atoms with Gasteiger partial charge in [-0.15, -0.1) is 12.4 Å². The quantitative estimate of drug-likeness (QED) is 0.808. The van der Waals surface area contributed by atoms with E-state index >= 15 is 0 Å². The second kappa shape index (κ2) is 9.58. The molecule has 2 heterocycles. The Morgan fingerprint density at radius 2 is 1.75 bits per heavy atom. The molecule has 8 heteroatoms. The number of nitrogens with two attached hydrogens (primary N) is 1. The maximum absolute atomic E-state index is 12.8. The first-order chi connectivity index (χ1) is 12.9. The average Bonchev–Trinajstić information content (AvgIpc) is 2.67. The summed E-state index contributed by atoms with van der Waals surface area (Å²) in [6.45, 7) is 6.79. The minimum absolute atomic E-state index is 0. The summed E-state index contributed by atoms with van der Waals surface area (Å²) < 4.78 is 11.1. The summed E-state index contributed by atoms with van der Waals surface area (Å²) in [5.41, 5.74) is 6.56. The van der Waals surface area contributed by atoms with E-state index in [4.69, 9.17) is 15.2 Å². The molecule has 28 heavy (non-hydrogen) atoms. The highest BCUT2D eigenvalue weighted by Gasteiger charge is 2.40. The fourth-order valence-corrected chi connectivity index (χ4v) is 3.59. The van der Waals surface area contributed by atoms with Gasteiger partial charge in [0.1, 0.15) is 5.75 Å². The molecule has 2 N–H and O–H groups in total. The fourth-order valence-electron chi connectivity index (χ4n) is 3.59. The van der Waals surface area contributed by atoms with Crippen LogP contribution in [-0.2, 0) is 14.3 Å². The molecule has 3 rings (SSSR count). The number of piperazine rings is 1. The lowest BCUT2D eigenvalue weighted by Gasteiger charge is -2.41. The zero-order valence-corrected chi connectivity index (χ0v) is 17.4. The molecule has 2 aliphatic rings. The van der Waals surface area contributed by atoms with Gasteiger partial charge in [0.25, 0.3) is 5.91 Å². The monoisotopic (exact) mass is 411 g/mol. The molecule has 1 aromatic carbocycles. The normalized spacial score (nSPS) is 20.1. The molecule has 1 atom stereocenters. The van der Waals surface area contributed by atoms with Crippen molar-refractivity contribution in [2.24, 2.45) is 5.73 Å². The molecule has 0 aromatic heterocycles. The fraction of sp³-hybridized carbons (Fsp3) is 0.600. The lowest BCUT2D eigenvalue weighted by atomic mass is 9.89. The van der Waals surface area contributed by atoms with Crippen molar-refractivity contribution in [2.45, 2.75) is 38.3 Å². The van der Waals surface area contributed by atoms with Crippen LogP contribution in [0.15, 0.2) is 24.3 Å². The zero-order chi connectivity index (χ0) is 19.4. The maximum Gasteiger partial charge on any atom is 0.263 e. The summed E-state index contributed by atoms with van der Waals surface area (Å²) in [5, 5.41) is 0. The standard InChI is InChI=1S/C20H29N3O4.ClH/c1-15-4-3-5-17(14-15)27-16(2)18(24)22-8-10-23(11-9-22)19(25)20(21)6-12-26-13-7-20;/h3-5,14,16H,6-13,21H2,1-2H3;1H. The Morgan fingerprint density at radius 1 is 1.14 bits per heavy atom. The number of carbonyl (C=O) groups is 2. The summed E-state index contributed by atoms with van der Waals surface area (Å²) in [6.07, 6.45) is 0.531. The number of halogens is 1. The number of amides is 2. The van der Waals surface area contributed by atoms with E-state index in [9.17, 15) is 9.59 Å². The van der Waals surface area contributed by atoms with Gasteiger partial charge in [-0.3, -0.25) is 9.59 Å². The highest BCUT2D eigenvalue weighted by molar-refractivity contribution is 5.87. The SMILES string of the molecule is Cc1cccc(OC(C)C(=O)N2CCN(C(=O)C3(N)CCOCC3)CC2)c1.Cl. The highest BCUT2D eigenvalue weighted by atomic mass is 35.5. The molecule has 2 fully saturated rings. The molecule has 1 unspecified atom stereocenters. The van der Waals surface area contributed by atoms with Crippen molar-refractivity contribution in [3.8, 4) is 5.75 Å². The van der Waals surface area contributed by atoms with E-state index in [1.807, 2.05) is 31.2 Å². The first-order valence-electron chi connectivity index (χ1n) is 9.57. The van der Waals surface area contributed by atoms with Crippen molar-refractivity contribution in [1.29, 1.82) is 0 Å². The smallest absolute Gasteiger partial charge is 0.263 e. The number of nitrogens with zero attached hydrogens (tertiary/aromatic N) is 2. The minimum atomic E-state index is -0.827. The molecular formula is C20H30ClN3O4. The van der Waals surface area contributed by atoms with E-state index in [2.05, 4.69) is 0 Å². The van der Waals surface area contributed by atoms with Gasteiger partial charge in [-0.1, -0.05) is 12.1 Å². The number of carbonyl (C=O) groups excluding carboxylic acids is 2. The van der Waals surface area contributed by atoms with Crippen molar-refractivity contribution in [2.75, 3.05) is 39.4 Å². The number of hydrogen-bond donors (Lipinski definition) is 1. The predicted octanol–water partition coefficient (Wildman–Crippen LogP) is 1.36. The molecule has 2 aliphatic heterocycles. The number of aryl methyl sites for hydroxylation is 1. The Kier molecular flexibility index (Phi) is 7.69. The van der Waals surface area contributed by atoms with Crippen LogP contribution in [0.1, 0.15) is 25.3 Å². The summed E-state index contributed by atoms with van der Waals surface area (Å²) in [6, 6.07) is 7.65. The Labute approximate surface area is 172 Å². The Balaban J connectivity index is 0.00000280. The van der Waals surface area contributed by atoms with Crippen molar-refractivity contribution < 1.29 is 19.1 Å². The van der Waals surface area contributed by atoms with E-state index in [1.165, 1.54) is 0 Å². The molecular weight excluding hydrogens is 382 g/mol. The maximum atomic E-state index is 12.8. The minimum Gasteiger partial charge on any atom is -0.481 e. The summed E-state index contributed by atoms with van der Waals surface area (Å²) in [4.78, 5) is 29.0. The molecule has 0 radical (unpaired) electrons. The van der Waals surface area contributed by atoms with Gasteiger partial charge in [-0.05, 0) is 44.4 Å². The van der Waals surface area contributed by atoms with Crippen LogP contribution < -0.4 is 10.5 Å².